The zero-order valence-corrected chi connectivity index (χ0v) is 26.1. The first kappa shape index (κ1) is 31.7. The number of amides is 1. The van der Waals surface area contributed by atoms with Gasteiger partial charge in [0.15, 0.2) is 11.4 Å². The van der Waals surface area contributed by atoms with Crippen LogP contribution in [-0.2, 0) is 20.9 Å². The Balaban J connectivity index is 1.58. The highest BCUT2D eigenvalue weighted by molar-refractivity contribution is 6.24. The van der Waals surface area contributed by atoms with E-state index in [4.69, 9.17) is 10.5 Å². The minimum atomic E-state index is -2.97. The first-order valence-electron chi connectivity index (χ1n) is 15.3. The van der Waals surface area contributed by atoms with Crippen molar-refractivity contribution in [2.45, 2.75) is 50.0 Å². The molecule has 2 fully saturated rings. The van der Waals surface area contributed by atoms with Crippen LogP contribution in [0, 0.1) is 11.8 Å². The van der Waals surface area contributed by atoms with Crippen LogP contribution in [-0.4, -0.2) is 105 Å². The number of fused-ring (bicyclic) bond motifs is 3. The number of aromatic hydroxyl groups is 1. The molecule has 46 heavy (non-hydrogen) atoms. The smallest absolute Gasteiger partial charge is 0.255 e. The Morgan fingerprint density at radius 3 is 2.37 bits per heavy atom. The normalized spacial score (nSPS) is 29.6. The molecule has 0 unspecified atom stereocenters. The number of nitrogens with zero attached hydrogens (tertiary/aromatic N) is 2. The van der Waals surface area contributed by atoms with Crippen LogP contribution in [0.1, 0.15) is 42.4 Å². The van der Waals surface area contributed by atoms with Crippen LogP contribution in [0.5, 0.6) is 11.5 Å². The summed E-state index contributed by atoms with van der Waals surface area (Å²) in [7, 11) is 4.49. The number of phenols is 1. The van der Waals surface area contributed by atoms with Gasteiger partial charge in [-0.3, -0.25) is 24.2 Å². The van der Waals surface area contributed by atoms with Crippen LogP contribution in [0.4, 0.5) is 0 Å². The molecular weight excluding hydrogens is 594 g/mol. The number of hydrogen-bond donors (Lipinski definition) is 6. The number of benzene rings is 2. The Kier molecular flexibility index (Phi) is 7.75. The fourth-order valence-electron chi connectivity index (χ4n) is 8.20. The summed E-state index contributed by atoms with van der Waals surface area (Å²) >= 11 is 0. The molecule has 7 N–H and O–H groups in total. The highest BCUT2D eigenvalue weighted by Gasteiger charge is 2.68. The fraction of sp³-hybridized carbons (Fsp3) is 0.441. The van der Waals surface area contributed by atoms with Gasteiger partial charge < -0.3 is 36.0 Å². The number of rotatable bonds is 6. The topological polar surface area (TPSA) is 194 Å². The van der Waals surface area contributed by atoms with Gasteiger partial charge in [-0.2, -0.15) is 0 Å². The zero-order chi connectivity index (χ0) is 33.4. The fourth-order valence-corrected chi connectivity index (χ4v) is 8.20. The van der Waals surface area contributed by atoms with E-state index in [9.17, 15) is 39.9 Å². The minimum absolute atomic E-state index is 0.0690. The molecule has 6 rings (SSSR count). The van der Waals surface area contributed by atoms with Crippen molar-refractivity contribution in [2.75, 3.05) is 34.3 Å². The Labute approximate surface area is 266 Å². The van der Waals surface area contributed by atoms with Crippen molar-refractivity contribution in [1.82, 2.24) is 9.80 Å². The lowest BCUT2D eigenvalue weighted by molar-refractivity contribution is -0.169. The monoisotopic (exact) mass is 633 g/mol. The minimum Gasteiger partial charge on any atom is -0.508 e. The molecule has 0 aromatic heterocycles. The number of aliphatic hydroxyl groups is 4. The molecule has 1 saturated carbocycles. The second-order valence-electron chi connectivity index (χ2n) is 13.0. The van der Waals surface area contributed by atoms with Gasteiger partial charge in [-0.25, -0.2) is 0 Å². The third-order valence-corrected chi connectivity index (χ3v) is 10.3. The van der Waals surface area contributed by atoms with Gasteiger partial charge in [0.25, 0.3) is 5.91 Å². The summed E-state index contributed by atoms with van der Waals surface area (Å²) in [4.78, 5) is 43.7. The predicted molar refractivity (Wildman–Crippen MR) is 167 cm³/mol. The molecule has 12 nitrogen and oxygen atoms in total. The van der Waals surface area contributed by atoms with E-state index in [0.29, 0.717) is 22.4 Å². The van der Waals surface area contributed by atoms with Crippen molar-refractivity contribution < 1.29 is 44.7 Å². The van der Waals surface area contributed by atoms with E-state index in [1.165, 1.54) is 32.2 Å². The van der Waals surface area contributed by atoms with Crippen molar-refractivity contribution in [3.8, 4) is 22.6 Å². The number of hydrogen-bond acceptors (Lipinski definition) is 11. The SMILES string of the molecule is COc1ccc(CN2CCCC2)cc1-c1ccc(O)c2c1[C@H](C)[C@@H]1C(=C2O)C(=O)[C@]2(O)C(O)=C(C(N)=O)C(=O)[C@@H](N(C)C)[C@@H]2[C@H]1O. The van der Waals surface area contributed by atoms with Crippen LogP contribution >= 0.6 is 0 Å². The van der Waals surface area contributed by atoms with Crippen molar-refractivity contribution in [3.63, 3.8) is 0 Å². The van der Waals surface area contributed by atoms with Gasteiger partial charge in [0.05, 0.1) is 30.7 Å². The molecular formula is C34H39N3O9. The van der Waals surface area contributed by atoms with E-state index in [1.807, 2.05) is 18.2 Å². The maximum absolute atomic E-state index is 14.3. The standard InChI is InChI=1S/C34H39N3O9/c1-15-21-17(18-13-16(7-10-20(18)46-4)14-37-11-5-6-12-37)8-9-19(38)23(21)28(39)24-22(15)29(40)26-27(36(2)3)30(41)25(33(35)44)32(43)34(26,45)31(24)42/h7-10,13,15,22,26-27,29,38-40,43,45H,5-6,11-12,14H2,1-4H3,(H2,35,44)/t15-,22+,26+,27-,29-,34-/m0/s1. The summed E-state index contributed by atoms with van der Waals surface area (Å²) in [6, 6.07) is 7.48. The Morgan fingerprint density at radius 1 is 1.09 bits per heavy atom. The molecule has 0 bridgehead atoms. The third-order valence-electron chi connectivity index (χ3n) is 10.3. The van der Waals surface area contributed by atoms with Gasteiger partial charge in [0.1, 0.15) is 28.6 Å². The number of nitrogens with two attached hydrogens (primary N) is 1. The molecule has 0 spiro atoms. The zero-order valence-electron chi connectivity index (χ0n) is 26.1. The van der Waals surface area contributed by atoms with E-state index >= 15 is 0 Å². The summed E-state index contributed by atoms with van der Waals surface area (Å²) in [5.74, 6) is -8.84. The molecule has 2 aromatic carbocycles. The van der Waals surface area contributed by atoms with Gasteiger partial charge in [-0.1, -0.05) is 19.1 Å². The number of methoxy groups -OCH3 is 1. The largest absolute Gasteiger partial charge is 0.508 e. The maximum atomic E-state index is 14.3. The lowest BCUT2D eigenvalue weighted by Gasteiger charge is -2.53. The van der Waals surface area contributed by atoms with E-state index in [-0.39, 0.29) is 11.3 Å². The number of carbonyl (C=O) groups excluding carboxylic acids is 3. The van der Waals surface area contributed by atoms with Gasteiger partial charge in [0, 0.05) is 23.6 Å². The highest BCUT2D eigenvalue weighted by atomic mass is 16.5. The van der Waals surface area contributed by atoms with Crippen molar-refractivity contribution in [3.05, 3.63) is 63.9 Å². The number of phenolic OH excluding ortho intramolecular Hbond substituents is 1. The van der Waals surface area contributed by atoms with Crippen molar-refractivity contribution >= 4 is 23.2 Å². The van der Waals surface area contributed by atoms with E-state index in [1.54, 1.807) is 13.0 Å². The molecule has 1 saturated heterocycles. The molecule has 244 valence electrons. The first-order chi connectivity index (χ1) is 21.7. The van der Waals surface area contributed by atoms with Gasteiger partial charge >= 0.3 is 0 Å². The summed E-state index contributed by atoms with van der Waals surface area (Å²) in [6.07, 6.45) is 0.585. The number of Topliss-reactive ketones (excluding diaryl/α,β-unsaturated/α-hetero) is 2. The molecule has 3 aliphatic carbocycles. The molecule has 1 heterocycles. The maximum Gasteiger partial charge on any atom is 0.255 e. The summed E-state index contributed by atoms with van der Waals surface area (Å²) < 4.78 is 5.73. The summed E-state index contributed by atoms with van der Waals surface area (Å²) in [6.45, 7) is 4.44. The highest BCUT2D eigenvalue weighted by Crippen LogP contribution is 2.57. The van der Waals surface area contributed by atoms with Gasteiger partial charge in [-0.15, -0.1) is 0 Å². The number of likely N-dealkylation sites (tertiary alicyclic amines) is 1. The van der Waals surface area contributed by atoms with Crippen LogP contribution in [0.2, 0.25) is 0 Å². The summed E-state index contributed by atoms with van der Waals surface area (Å²) in [5.41, 5.74) is 3.71. The molecule has 4 aliphatic rings. The molecule has 1 aliphatic heterocycles. The number of carbonyl (C=O) groups is 3. The Morgan fingerprint density at radius 2 is 1.76 bits per heavy atom. The molecule has 1 amide bonds. The first-order valence-corrected chi connectivity index (χ1v) is 15.3. The second kappa shape index (κ2) is 11.2. The average Bonchev–Trinajstić information content (AvgIpc) is 3.51. The van der Waals surface area contributed by atoms with Gasteiger partial charge in [0.2, 0.25) is 5.78 Å². The van der Waals surface area contributed by atoms with Crippen LogP contribution in [0.3, 0.4) is 0 Å². The summed E-state index contributed by atoms with van der Waals surface area (Å²) in [5, 5.41) is 57.9. The number of aliphatic hydroxyl groups excluding tert-OH is 3. The van der Waals surface area contributed by atoms with Crippen LogP contribution in [0.15, 0.2) is 47.2 Å². The molecule has 2 aromatic rings. The van der Waals surface area contributed by atoms with E-state index in [0.717, 1.165) is 38.0 Å². The van der Waals surface area contributed by atoms with E-state index in [2.05, 4.69) is 4.90 Å². The Bertz CT molecular complexity index is 1720. The second-order valence-corrected chi connectivity index (χ2v) is 13.0. The van der Waals surface area contributed by atoms with Gasteiger partial charge in [-0.05, 0) is 80.8 Å². The van der Waals surface area contributed by atoms with Crippen molar-refractivity contribution in [2.24, 2.45) is 17.6 Å². The van der Waals surface area contributed by atoms with Crippen LogP contribution in [0.25, 0.3) is 16.9 Å². The Hall–Kier alpha value is -4.23. The molecule has 6 atom stereocenters. The van der Waals surface area contributed by atoms with Crippen LogP contribution < -0.4 is 10.5 Å². The lowest BCUT2D eigenvalue weighted by atomic mass is 9.54. The quantitative estimate of drug-likeness (QED) is 0.254. The molecule has 12 heteroatoms. The molecule has 0 radical (unpaired) electrons. The predicted octanol–water partition coefficient (Wildman–Crippen LogP) is 1.77. The number of likely N-dealkylation sites (N-methyl/N-ethyl adjacent to an activating group) is 1. The average molecular weight is 634 g/mol. The lowest BCUT2D eigenvalue weighted by Crippen LogP contribution is -2.70. The number of ether oxygens (including phenoxy) is 1. The van der Waals surface area contributed by atoms with E-state index < -0.39 is 75.6 Å². The van der Waals surface area contributed by atoms with Crippen molar-refractivity contribution in [1.29, 1.82) is 0 Å². The third kappa shape index (κ3) is 4.38. The number of primary amides is 1. The number of ketones is 2.